The number of pyridine rings is 1. The maximum absolute atomic E-state index is 13.2. The van der Waals surface area contributed by atoms with Gasteiger partial charge in [-0.1, -0.05) is 11.6 Å². The fourth-order valence-electron chi connectivity index (χ4n) is 1.63. The maximum atomic E-state index is 13.2. The van der Waals surface area contributed by atoms with Crippen molar-refractivity contribution in [1.82, 2.24) is 0 Å². The molecule has 0 aliphatic rings. The lowest BCUT2D eigenvalue weighted by Crippen LogP contribution is -2.32. The van der Waals surface area contributed by atoms with Gasteiger partial charge in [0.05, 0.1) is 17.0 Å². The Morgan fingerprint density at radius 2 is 2.28 bits per heavy atom. The summed E-state index contributed by atoms with van der Waals surface area (Å²) in [5, 5.41) is 10.0. The standard InChI is InChI=1S/C12H10ClFNO3/c1-2-18-12(16)9-6-15(17)10-4-3-7(14)5-8(10)11(9)13/h3-6,17H,2H2,1H3/q+1. The van der Waals surface area contributed by atoms with Crippen LogP contribution in [0.5, 0.6) is 0 Å². The Hall–Kier alpha value is -1.88. The smallest absolute Gasteiger partial charge is 0.345 e. The van der Waals surface area contributed by atoms with Crippen LogP contribution in [0.15, 0.2) is 24.4 Å². The summed E-state index contributed by atoms with van der Waals surface area (Å²) < 4.78 is 18.7. The van der Waals surface area contributed by atoms with Crippen LogP contribution in [0, 0.1) is 5.82 Å². The summed E-state index contributed by atoms with van der Waals surface area (Å²) in [6.07, 6.45) is 1.14. The SMILES string of the molecule is CCOC(=O)c1c[n+](O)c2ccc(F)cc2c1Cl. The van der Waals surface area contributed by atoms with Gasteiger partial charge in [0.2, 0.25) is 6.20 Å². The molecule has 2 rings (SSSR count). The molecule has 0 fully saturated rings. The molecule has 0 aliphatic carbocycles. The number of ether oxygens (including phenoxy) is 1. The van der Waals surface area contributed by atoms with E-state index < -0.39 is 11.8 Å². The molecule has 1 heterocycles. The number of fused-ring (bicyclic) bond motifs is 1. The van der Waals surface area contributed by atoms with Gasteiger partial charge in [-0.2, -0.15) is 0 Å². The highest BCUT2D eigenvalue weighted by Crippen LogP contribution is 2.25. The first kappa shape index (κ1) is 12.6. The number of aromatic nitrogens is 1. The molecule has 1 N–H and O–H groups in total. The highest BCUT2D eigenvalue weighted by molar-refractivity contribution is 6.38. The van der Waals surface area contributed by atoms with Crippen molar-refractivity contribution in [2.24, 2.45) is 0 Å². The topological polar surface area (TPSA) is 50.4 Å². The van der Waals surface area contributed by atoms with Gasteiger partial charge < -0.3 is 4.74 Å². The molecule has 0 bridgehead atoms. The summed E-state index contributed by atoms with van der Waals surface area (Å²) in [7, 11) is 0. The molecule has 18 heavy (non-hydrogen) atoms. The van der Waals surface area contributed by atoms with Gasteiger partial charge in [0.15, 0.2) is 0 Å². The molecule has 1 aromatic heterocycles. The quantitative estimate of drug-likeness (QED) is 0.518. The first-order valence-electron chi connectivity index (χ1n) is 5.24. The Bertz CT molecular complexity index is 630. The second-order valence-electron chi connectivity index (χ2n) is 3.58. The third-order valence-electron chi connectivity index (χ3n) is 2.43. The molecule has 0 atom stereocenters. The largest absolute Gasteiger partial charge is 0.462 e. The Labute approximate surface area is 107 Å². The third-order valence-corrected chi connectivity index (χ3v) is 2.83. The summed E-state index contributed by atoms with van der Waals surface area (Å²) in [6.45, 7) is 1.83. The van der Waals surface area contributed by atoms with Crippen LogP contribution < -0.4 is 4.73 Å². The van der Waals surface area contributed by atoms with E-state index in [1.165, 1.54) is 12.1 Å². The number of hydrogen-bond donors (Lipinski definition) is 1. The van der Waals surface area contributed by atoms with Crippen molar-refractivity contribution in [2.45, 2.75) is 6.92 Å². The van der Waals surface area contributed by atoms with E-state index in [9.17, 15) is 14.4 Å². The molecule has 94 valence electrons. The molecule has 6 heteroatoms. The molecular formula is C12H10ClFNO3+. The molecule has 0 unspecified atom stereocenters. The predicted octanol–water partition coefficient (Wildman–Crippen LogP) is 2.33. The van der Waals surface area contributed by atoms with Gasteiger partial charge in [0, 0.05) is 10.8 Å². The molecule has 0 amide bonds. The Balaban J connectivity index is 2.70. The van der Waals surface area contributed by atoms with Crippen molar-refractivity contribution >= 4 is 28.5 Å². The van der Waals surface area contributed by atoms with Crippen LogP contribution >= 0.6 is 11.6 Å². The van der Waals surface area contributed by atoms with Gasteiger partial charge >= 0.3 is 5.97 Å². The van der Waals surface area contributed by atoms with Crippen LogP contribution in [-0.4, -0.2) is 17.8 Å². The van der Waals surface area contributed by atoms with E-state index in [0.29, 0.717) is 10.2 Å². The van der Waals surface area contributed by atoms with E-state index in [4.69, 9.17) is 16.3 Å². The van der Waals surface area contributed by atoms with Crippen molar-refractivity contribution in [3.8, 4) is 0 Å². The molecule has 0 spiro atoms. The highest BCUT2D eigenvalue weighted by atomic mass is 35.5. The predicted molar refractivity (Wildman–Crippen MR) is 62.3 cm³/mol. The van der Waals surface area contributed by atoms with Crippen LogP contribution in [0.25, 0.3) is 10.9 Å². The first-order valence-corrected chi connectivity index (χ1v) is 5.62. The fraction of sp³-hybridized carbons (Fsp3) is 0.167. The average molecular weight is 271 g/mol. The minimum absolute atomic E-state index is 0.0147. The van der Waals surface area contributed by atoms with Gasteiger partial charge in [-0.15, -0.1) is 0 Å². The van der Waals surface area contributed by atoms with Gasteiger partial charge in [-0.05, 0) is 19.1 Å². The third kappa shape index (κ3) is 2.09. The van der Waals surface area contributed by atoms with E-state index in [0.717, 1.165) is 12.3 Å². The van der Waals surface area contributed by atoms with E-state index in [-0.39, 0.29) is 22.6 Å². The van der Waals surface area contributed by atoms with Gasteiger partial charge in [-0.3, -0.25) is 5.21 Å². The molecule has 0 radical (unpaired) electrons. The Morgan fingerprint density at radius 1 is 1.56 bits per heavy atom. The van der Waals surface area contributed by atoms with Crippen LogP contribution in [0.3, 0.4) is 0 Å². The van der Waals surface area contributed by atoms with E-state index in [1.807, 2.05) is 0 Å². The molecule has 2 aromatic rings. The summed E-state index contributed by atoms with van der Waals surface area (Å²) in [4.78, 5) is 11.6. The number of nitrogens with zero attached hydrogens (tertiary/aromatic N) is 1. The van der Waals surface area contributed by atoms with Crippen molar-refractivity contribution in [1.29, 1.82) is 0 Å². The highest BCUT2D eigenvalue weighted by Gasteiger charge is 2.23. The molecular weight excluding hydrogens is 261 g/mol. The molecule has 0 saturated heterocycles. The zero-order chi connectivity index (χ0) is 13.3. The summed E-state index contributed by atoms with van der Waals surface area (Å²) in [5.41, 5.74) is 0.286. The van der Waals surface area contributed by atoms with Crippen LogP contribution in [0.4, 0.5) is 4.39 Å². The van der Waals surface area contributed by atoms with Crippen LogP contribution in [0.1, 0.15) is 17.3 Å². The first-order chi connectivity index (χ1) is 8.54. The summed E-state index contributed by atoms with van der Waals surface area (Å²) >= 11 is 6.02. The monoisotopic (exact) mass is 270 g/mol. The number of hydrogen-bond acceptors (Lipinski definition) is 3. The number of carbonyl (C=O) groups excluding carboxylic acids is 1. The lowest BCUT2D eigenvalue weighted by atomic mass is 10.1. The lowest BCUT2D eigenvalue weighted by molar-refractivity contribution is -0.884. The van der Waals surface area contributed by atoms with Crippen molar-refractivity contribution in [3.63, 3.8) is 0 Å². The van der Waals surface area contributed by atoms with E-state index in [2.05, 4.69) is 0 Å². The van der Waals surface area contributed by atoms with Gasteiger partial charge in [0.1, 0.15) is 11.4 Å². The molecule has 4 nitrogen and oxygen atoms in total. The second kappa shape index (κ2) is 4.78. The van der Waals surface area contributed by atoms with Gasteiger partial charge in [0.25, 0.3) is 5.52 Å². The Morgan fingerprint density at radius 3 is 2.94 bits per heavy atom. The number of carbonyl (C=O) groups is 1. The zero-order valence-electron chi connectivity index (χ0n) is 9.48. The van der Waals surface area contributed by atoms with Crippen LogP contribution in [0.2, 0.25) is 5.02 Å². The van der Waals surface area contributed by atoms with Gasteiger partial charge in [-0.25, -0.2) is 9.18 Å². The minimum atomic E-state index is -0.670. The van der Waals surface area contributed by atoms with Crippen molar-refractivity contribution in [2.75, 3.05) is 6.61 Å². The lowest BCUT2D eigenvalue weighted by Gasteiger charge is -2.04. The number of benzene rings is 1. The number of esters is 1. The number of halogens is 2. The molecule has 0 aliphatic heterocycles. The summed E-state index contributed by atoms with van der Waals surface area (Å²) in [5.74, 6) is -1.18. The second-order valence-corrected chi connectivity index (χ2v) is 3.96. The molecule has 0 saturated carbocycles. The Kier molecular flexibility index (Phi) is 3.34. The fourth-order valence-corrected chi connectivity index (χ4v) is 1.91. The molecule has 1 aromatic carbocycles. The van der Waals surface area contributed by atoms with Crippen LogP contribution in [-0.2, 0) is 4.74 Å². The minimum Gasteiger partial charge on any atom is -0.462 e. The number of rotatable bonds is 2. The normalized spacial score (nSPS) is 10.6. The van der Waals surface area contributed by atoms with Crippen molar-refractivity contribution < 1.29 is 23.9 Å². The zero-order valence-corrected chi connectivity index (χ0v) is 10.2. The average Bonchev–Trinajstić information content (AvgIpc) is 2.33. The van der Waals surface area contributed by atoms with E-state index >= 15 is 0 Å². The van der Waals surface area contributed by atoms with E-state index in [1.54, 1.807) is 6.92 Å². The van der Waals surface area contributed by atoms with Crippen molar-refractivity contribution in [3.05, 3.63) is 40.8 Å². The maximum Gasteiger partial charge on any atom is 0.345 e. The summed E-state index contributed by atoms with van der Waals surface area (Å²) in [6, 6.07) is 3.70.